The van der Waals surface area contributed by atoms with Gasteiger partial charge in [0.15, 0.2) is 0 Å². The maximum atomic E-state index is 12.2. The van der Waals surface area contributed by atoms with Crippen molar-refractivity contribution in [1.29, 1.82) is 0 Å². The topological polar surface area (TPSA) is 47.6 Å². The Kier molecular flexibility index (Phi) is 5.88. The fourth-order valence-electron chi connectivity index (χ4n) is 2.54. The van der Waals surface area contributed by atoms with Gasteiger partial charge in [0.1, 0.15) is 17.6 Å². The number of methoxy groups -OCH3 is 1. The van der Waals surface area contributed by atoms with Crippen LogP contribution in [0.2, 0.25) is 0 Å². The second kappa shape index (κ2) is 8.72. The third-order valence-electron chi connectivity index (χ3n) is 3.91. The first-order valence-corrected chi connectivity index (χ1v) is 8.47. The van der Waals surface area contributed by atoms with Crippen LogP contribution in [-0.2, 0) is 4.79 Å². The Hall–Kier alpha value is -3.27. The number of ether oxygens (including phenoxy) is 2. The van der Waals surface area contributed by atoms with Gasteiger partial charge in [-0.1, -0.05) is 42.5 Å². The van der Waals surface area contributed by atoms with Gasteiger partial charge in [0.25, 0.3) is 0 Å². The molecule has 1 amide bonds. The van der Waals surface area contributed by atoms with Crippen LogP contribution < -0.4 is 14.8 Å². The Morgan fingerprint density at radius 3 is 2.65 bits per heavy atom. The van der Waals surface area contributed by atoms with E-state index < -0.39 is 0 Å². The van der Waals surface area contributed by atoms with E-state index in [0.29, 0.717) is 11.4 Å². The molecule has 1 unspecified atom stereocenters. The first-order valence-electron chi connectivity index (χ1n) is 8.47. The highest BCUT2D eigenvalue weighted by molar-refractivity contribution is 6.02. The summed E-state index contributed by atoms with van der Waals surface area (Å²) >= 11 is 0. The zero-order valence-electron chi connectivity index (χ0n) is 14.6. The van der Waals surface area contributed by atoms with Gasteiger partial charge >= 0.3 is 0 Å². The second-order valence-electron chi connectivity index (χ2n) is 5.80. The van der Waals surface area contributed by atoms with Crippen LogP contribution in [0.4, 0.5) is 5.69 Å². The lowest BCUT2D eigenvalue weighted by molar-refractivity contribution is -0.111. The molecule has 0 bridgehead atoms. The SMILES string of the molecule is COc1ccc(/C=C/C(=O)Nc2ccccc2OC2C=CC=CC2)cc1. The van der Waals surface area contributed by atoms with E-state index in [0.717, 1.165) is 17.7 Å². The molecule has 4 heteroatoms. The average Bonchev–Trinajstić information content (AvgIpc) is 2.69. The van der Waals surface area contributed by atoms with Crippen molar-refractivity contribution < 1.29 is 14.3 Å². The average molecular weight is 347 g/mol. The van der Waals surface area contributed by atoms with Crippen LogP contribution in [0.5, 0.6) is 11.5 Å². The quantitative estimate of drug-likeness (QED) is 0.776. The first-order chi connectivity index (χ1) is 12.7. The number of hydrogen-bond donors (Lipinski definition) is 1. The summed E-state index contributed by atoms with van der Waals surface area (Å²) in [4.78, 5) is 12.2. The summed E-state index contributed by atoms with van der Waals surface area (Å²) in [5.41, 5.74) is 1.57. The van der Waals surface area contributed by atoms with Crippen LogP contribution in [0.15, 0.2) is 78.9 Å². The van der Waals surface area contributed by atoms with E-state index in [9.17, 15) is 4.79 Å². The second-order valence-corrected chi connectivity index (χ2v) is 5.80. The number of amides is 1. The molecule has 1 aliphatic carbocycles. The highest BCUT2D eigenvalue weighted by atomic mass is 16.5. The summed E-state index contributed by atoms with van der Waals surface area (Å²) in [6, 6.07) is 14.9. The number of carbonyl (C=O) groups is 1. The highest BCUT2D eigenvalue weighted by Gasteiger charge is 2.11. The summed E-state index contributed by atoms with van der Waals surface area (Å²) in [5, 5.41) is 2.88. The highest BCUT2D eigenvalue weighted by Crippen LogP contribution is 2.26. The third-order valence-corrected chi connectivity index (χ3v) is 3.91. The van der Waals surface area contributed by atoms with Crippen LogP contribution in [-0.4, -0.2) is 19.1 Å². The number of anilines is 1. The van der Waals surface area contributed by atoms with E-state index in [1.54, 1.807) is 13.2 Å². The number of para-hydroxylation sites is 2. The molecule has 0 saturated heterocycles. The Morgan fingerprint density at radius 2 is 1.92 bits per heavy atom. The van der Waals surface area contributed by atoms with Gasteiger partial charge in [0.05, 0.1) is 12.8 Å². The smallest absolute Gasteiger partial charge is 0.248 e. The lowest BCUT2D eigenvalue weighted by atomic mass is 10.1. The van der Waals surface area contributed by atoms with E-state index in [1.165, 1.54) is 6.08 Å². The van der Waals surface area contributed by atoms with Crippen molar-refractivity contribution in [3.8, 4) is 11.5 Å². The minimum absolute atomic E-state index is 0.0205. The first kappa shape index (κ1) is 17.5. The summed E-state index contributed by atoms with van der Waals surface area (Å²) < 4.78 is 11.1. The van der Waals surface area contributed by atoms with Gasteiger partial charge in [-0.25, -0.2) is 0 Å². The van der Waals surface area contributed by atoms with E-state index in [4.69, 9.17) is 9.47 Å². The molecule has 132 valence electrons. The van der Waals surface area contributed by atoms with E-state index >= 15 is 0 Å². The molecular formula is C22H21NO3. The van der Waals surface area contributed by atoms with Crippen molar-refractivity contribution >= 4 is 17.7 Å². The molecule has 0 spiro atoms. The molecule has 0 aromatic heterocycles. The minimum atomic E-state index is -0.212. The summed E-state index contributed by atoms with van der Waals surface area (Å²) in [6.07, 6.45) is 12.1. The number of carbonyl (C=O) groups excluding carboxylic acids is 1. The minimum Gasteiger partial charge on any atom is -0.497 e. The maximum Gasteiger partial charge on any atom is 0.248 e. The third kappa shape index (κ3) is 4.86. The van der Waals surface area contributed by atoms with Crippen molar-refractivity contribution in [1.82, 2.24) is 0 Å². The Labute approximate surface area is 153 Å². The molecule has 1 aliphatic rings. The van der Waals surface area contributed by atoms with Crippen molar-refractivity contribution in [2.24, 2.45) is 0 Å². The molecule has 0 heterocycles. The van der Waals surface area contributed by atoms with Crippen LogP contribution in [0.3, 0.4) is 0 Å². The summed E-state index contributed by atoms with van der Waals surface area (Å²) in [6.45, 7) is 0. The predicted molar refractivity (Wildman–Crippen MR) is 104 cm³/mol. The number of allylic oxidation sites excluding steroid dienone is 2. The van der Waals surface area contributed by atoms with Crippen LogP contribution in [0, 0.1) is 0 Å². The van der Waals surface area contributed by atoms with Crippen LogP contribution in [0.25, 0.3) is 6.08 Å². The van der Waals surface area contributed by atoms with Crippen LogP contribution in [0.1, 0.15) is 12.0 Å². The number of nitrogens with one attached hydrogen (secondary N) is 1. The molecule has 0 aliphatic heterocycles. The lowest BCUT2D eigenvalue weighted by Gasteiger charge is -2.18. The molecule has 26 heavy (non-hydrogen) atoms. The molecule has 0 saturated carbocycles. The number of hydrogen-bond acceptors (Lipinski definition) is 3. The fraction of sp³-hybridized carbons (Fsp3) is 0.136. The normalized spacial score (nSPS) is 15.8. The predicted octanol–water partition coefficient (Wildman–Crippen LogP) is 4.61. The van der Waals surface area contributed by atoms with Gasteiger partial charge in [-0.05, 0) is 42.0 Å². The molecule has 1 atom stereocenters. The van der Waals surface area contributed by atoms with Crippen molar-refractivity contribution in [3.05, 3.63) is 84.5 Å². The Morgan fingerprint density at radius 1 is 1.12 bits per heavy atom. The standard InChI is InChI=1S/C22H21NO3/c1-25-18-14-11-17(12-15-18)13-16-22(24)23-20-9-5-6-10-21(20)26-19-7-3-2-4-8-19/h2-7,9-16,19H,8H2,1H3,(H,23,24)/b16-13+. The van der Waals surface area contributed by atoms with Gasteiger partial charge in [-0.3, -0.25) is 4.79 Å². The molecule has 3 rings (SSSR count). The largest absolute Gasteiger partial charge is 0.497 e. The molecular weight excluding hydrogens is 326 g/mol. The van der Waals surface area contributed by atoms with Crippen LogP contribution >= 0.6 is 0 Å². The Bertz CT molecular complexity index is 835. The molecule has 0 fully saturated rings. The van der Waals surface area contributed by atoms with Gasteiger partial charge < -0.3 is 14.8 Å². The van der Waals surface area contributed by atoms with Crippen molar-refractivity contribution in [2.75, 3.05) is 12.4 Å². The Balaban J connectivity index is 1.64. The lowest BCUT2D eigenvalue weighted by Crippen LogP contribution is -2.16. The number of rotatable bonds is 6. The van der Waals surface area contributed by atoms with E-state index in [-0.39, 0.29) is 12.0 Å². The van der Waals surface area contributed by atoms with Gasteiger partial charge in [0.2, 0.25) is 5.91 Å². The maximum absolute atomic E-state index is 12.2. The van der Waals surface area contributed by atoms with Crippen molar-refractivity contribution in [2.45, 2.75) is 12.5 Å². The summed E-state index contributed by atoms with van der Waals surface area (Å²) in [7, 11) is 1.62. The molecule has 2 aromatic rings. The molecule has 2 aromatic carbocycles. The van der Waals surface area contributed by atoms with Gasteiger partial charge in [0, 0.05) is 12.5 Å². The monoisotopic (exact) mass is 347 g/mol. The molecule has 0 radical (unpaired) electrons. The van der Waals surface area contributed by atoms with Gasteiger partial charge in [-0.15, -0.1) is 0 Å². The van der Waals surface area contributed by atoms with E-state index in [2.05, 4.69) is 11.4 Å². The fourth-order valence-corrected chi connectivity index (χ4v) is 2.54. The number of benzene rings is 2. The van der Waals surface area contributed by atoms with E-state index in [1.807, 2.05) is 66.8 Å². The summed E-state index contributed by atoms with van der Waals surface area (Å²) in [5.74, 6) is 1.23. The van der Waals surface area contributed by atoms with Crippen molar-refractivity contribution in [3.63, 3.8) is 0 Å². The molecule has 4 nitrogen and oxygen atoms in total. The zero-order chi connectivity index (χ0) is 18.2. The molecule has 1 N–H and O–H groups in total. The van der Waals surface area contributed by atoms with Gasteiger partial charge in [-0.2, -0.15) is 0 Å². The zero-order valence-corrected chi connectivity index (χ0v) is 14.6.